The molecule has 1 aliphatic heterocycles. The molecule has 0 radical (unpaired) electrons. The summed E-state index contributed by atoms with van der Waals surface area (Å²) < 4.78 is 39.6. The number of benzene rings is 1. The van der Waals surface area contributed by atoms with Crippen LogP contribution in [-0.4, -0.2) is 49.1 Å². The molecule has 2 rings (SSSR count). The normalized spacial score (nSPS) is 16.0. The van der Waals surface area contributed by atoms with Gasteiger partial charge in [-0.3, -0.25) is 0 Å². The van der Waals surface area contributed by atoms with Gasteiger partial charge in [0.05, 0.1) is 5.69 Å². The zero-order chi connectivity index (χ0) is 15.6. The molecule has 0 atom stereocenters. The molecule has 1 saturated heterocycles. The van der Waals surface area contributed by atoms with Gasteiger partial charge in [0, 0.05) is 33.2 Å². The number of likely N-dealkylation sites (tertiary alicyclic amines) is 1. The summed E-state index contributed by atoms with van der Waals surface area (Å²) in [5, 5.41) is 2.87. The van der Waals surface area contributed by atoms with E-state index in [-0.39, 0.29) is 17.8 Å². The average molecular weight is 301 g/mol. The van der Waals surface area contributed by atoms with Crippen molar-refractivity contribution < 1.29 is 18.0 Å². The van der Waals surface area contributed by atoms with Crippen molar-refractivity contribution in [1.82, 2.24) is 9.80 Å². The third-order valence-electron chi connectivity index (χ3n) is 3.54. The van der Waals surface area contributed by atoms with E-state index in [1.54, 1.807) is 19.0 Å². The summed E-state index contributed by atoms with van der Waals surface area (Å²) in [7, 11) is 3.37. The summed E-state index contributed by atoms with van der Waals surface area (Å²) in [6, 6.07) is 1.94. The summed E-state index contributed by atoms with van der Waals surface area (Å²) in [5.41, 5.74) is -0.0497. The molecular formula is C14H18F3N3O. The predicted molar refractivity (Wildman–Crippen MR) is 73.6 cm³/mol. The number of urea groups is 1. The van der Waals surface area contributed by atoms with Crippen molar-refractivity contribution in [2.24, 2.45) is 0 Å². The lowest BCUT2D eigenvalue weighted by molar-refractivity contribution is 0.158. The maximum absolute atomic E-state index is 13.6. The Labute approximate surface area is 121 Å². The third-order valence-corrected chi connectivity index (χ3v) is 3.54. The van der Waals surface area contributed by atoms with Gasteiger partial charge in [0.15, 0.2) is 17.5 Å². The van der Waals surface area contributed by atoms with Gasteiger partial charge in [-0.2, -0.15) is 0 Å². The Bertz CT molecular complexity index is 528. The Morgan fingerprint density at radius 3 is 2.38 bits per heavy atom. The van der Waals surface area contributed by atoms with Crippen LogP contribution in [0.3, 0.4) is 0 Å². The highest BCUT2D eigenvalue weighted by Gasteiger charge is 2.24. The molecule has 1 aliphatic rings. The topological polar surface area (TPSA) is 35.6 Å². The first kappa shape index (κ1) is 15.5. The minimum atomic E-state index is -1.47. The highest BCUT2D eigenvalue weighted by molar-refractivity contribution is 5.73. The van der Waals surface area contributed by atoms with Crippen molar-refractivity contribution in [2.45, 2.75) is 18.9 Å². The van der Waals surface area contributed by atoms with E-state index < -0.39 is 17.5 Å². The van der Waals surface area contributed by atoms with Gasteiger partial charge in [0.2, 0.25) is 0 Å². The van der Waals surface area contributed by atoms with Crippen LogP contribution >= 0.6 is 0 Å². The van der Waals surface area contributed by atoms with E-state index >= 15 is 0 Å². The van der Waals surface area contributed by atoms with Gasteiger partial charge >= 0.3 is 6.03 Å². The maximum Gasteiger partial charge on any atom is 0.319 e. The number of carbonyl (C=O) groups excluding carboxylic acids is 1. The number of halogens is 3. The smallest absolute Gasteiger partial charge is 0.319 e. The molecule has 1 N–H and O–H groups in total. The van der Waals surface area contributed by atoms with Crippen molar-refractivity contribution in [3.8, 4) is 0 Å². The van der Waals surface area contributed by atoms with Crippen LogP contribution in [0.4, 0.5) is 23.7 Å². The lowest BCUT2D eigenvalue weighted by Gasteiger charge is -2.34. The molecule has 0 aliphatic carbocycles. The zero-order valence-electron chi connectivity index (χ0n) is 12.0. The molecule has 1 fully saturated rings. The lowest BCUT2D eigenvalue weighted by Crippen LogP contribution is -2.46. The number of carbonyl (C=O) groups is 1. The fourth-order valence-corrected chi connectivity index (χ4v) is 2.36. The number of nitrogens with one attached hydrogen (secondary N) is 1. The Morgan fingerprint density at radius 2 is 1.81 bits per heavy atom. The second kappa shape index (κ2) is 6.24. The summed E-state index contributed by atoms with van der Waals surface area (Å²) in [6.07, 6.45) is 1.25. The molecule has 2 amide bonds. The van der Waals surface area contributed by atoms with Crippen LogP contribution < -0.4 is 5.32 Å². The Morgan fingerprint density at radius 1 is 1.19 bits per heavy atom. The van der Waals surface area contributed by atoms with E-state index in [2.05, 4.69) is 5.32 Å². The van der Waals surface area contributed by atoms with Crippen LogP contribution in [0.25, 0.3) is 0 Å². The van der Waals surface area contributed by atoms with Gasteiger partial charge in [0.25, 0.3) is 0 Å². The number of piperidine rings is 1. The molecule has 0 bridgehead atoms. The molecule has 1 heterocycles. The molecule has 0 unspecified atom stereocenters. The Balaban J connectivity index is 1.95. The van der Waals surface area contributed by atoms with Gasteiger partial charge in [-0.15, -0.1) is 0 Å². The molecule has 0 saturated carbocycles. The van der Waals surface area contributed by atoms with Gasteiger partial charge < -0.3 is 15.1 Å². The van der Waals surface area contributed by atoms with Crippen LogP contribution in [0.15, 0.2) is 12.1 Å². The van der Waals surface area contributed by atoms with Gasteiger partial charge in [-0.1, -0.05) is 0 Å². The lowest BCUT2D eigenvalue weighted by atomic mass is 10.0. The second-order valence-corrected chi connectivity index (χ2v) is 5.31. The monoisotopic (exact) mass is 301 g/mol. The van der Waals surface area contributed by atoms with E-state index in [0.717, 1.165) is 6.07 Å². The molecule has 116 valence electrons. The number of hydrogen-bond acceptors (Lipinski definition) is 2. The van der Waals surface area contributed by atoms with E-state index in [4.69, 9.17) is 0 Å². The summed E-state index contributed by atoms with van der Waals surface area (Å²) in [6.45, 7) is 1.08. The first-order chi connectivity index (χ1) is 9.90. The summed E-state index contributed by atoms with van der Waals surface area (Å²) in [4.78, 5) is 15.0. The molecule has 0 spiro atoms. The molecule has 1 aromatic carbocycles. The van der Waals surface area contributed by atoms with E-state index in [1.165, 1.54) is 11.0 Å². The zero-order valence-corrected chi connectivity index (χ0v) is 12.0. The van der Waals surface area contributed by atoms with Gasteiger partial charge in [-0.25, -0.2) is 18.0 Å². The van der Waals surface area contributed by atoms with Crippen LogP contribution in [0.5, 0.6) is 0 Å². The van der Waals surface area contributed by atoms with Crippen molar-refractivity contribution in [3.63, 3.8) is 0 Å². The van der Waals surface area contributed by atoms with E-state index in [9.17, 15) is 18.0 Å². The van der Waals surface area contributed by atoms with E-state index in [1.807, 2.05) is 0 Å². The third kappa shape index (κ3) is 3.40. The molecule has 4 nitrogen and oxygen atoms in total. The van der Waals surface area contributed by atoms with Crippen LogP contribution in [0, 0.1) is 17.5 Å². The van der Waals surface area contributed by atoms with Crippen molar-refractivity contribution in [1.29, 1.82) is 0 Å². The number of rotatable bonds is 2. The standard InChI is InChI=1S/C14H18F3N3O/c1-19(2)14(21)20-7-5-9(6-8-20)18-11-4-3-10(15)12(16)13(11)17/h3-4,9,18H,5-8H2,1-2H3. The fraction of sp³-hybridized carbons (Fsp3) is 0.500. The largest absolute Gasteiger partial charge is 0.380 e. The minimum absolute atomic E-state index is 0.0497. The van der Waals surface area contributed by atoms with E-state index in [0.29, 0.717) is 25.9 Å². The number of nitrogens with zero attached hydrogens (tertiary/aromatic N) is 2. The predicted octanol–water partition coefficient (Wildman–Crippen LogP) is 2.66. The summed E-state index contributed by atoms with van der Waals surface area (Å²) in [5.74, 6) is -3.88. The van der Waals surface area contributed by atoms with Crippen molar-refractivity contribution in [2.75, 3.05) is 32.5 Å². The Hall–Kier alpha value is -1.92. The minimum Gasteiger partial charge on any atom is -0.380 e. The SMILES string of the molecule is CN(C)C(=O)N1CCC(Nc2ccc(F)c(F)c2F)CC1. The fourth-order valence-electron chi connectivity index (χ4n) is 2.36. The summed E-state index contributed by atoms with van der Waals surface area (Å²) >= 11 is 0. The highest BCUT2D eigenvalue weighted by atomic mass is 19.2. The highest BCUT2D eigenvalue weighted by Crippen LogP contribution is 2.23. The van der Waals surface area contributed by atoms with Crippen molar-refractivity contribution >= 4 is 11.7 Å². The quantitative estimate of drug-likeness (QED) is 0.853. The molecule has 1 aromatic rings. The number of hydrogen-bond donors (Lipinski definition) is 1. The second-order valence-electron chi connectivity index (χ2n) is 5.31. The molecule has 7 heteroatoms. The van der Waals surface area contributed by atoms with Crippen LogP contribution in [-0.2, 0) is 0 Å². The maximum atomic E-state index is 13.6. The number of anilines is 1. The van der Waals surface area contributed by atoms with Gasteiger partial charge in [-0.05, 0) is 25.0 Å². The molecule has 21 heavy (non-hydrogen) atoms. The average Bonchev–Trinajstić information content (AvgIpc) is 2.48. The van der Waals surface area contributed by atoms with Gasteiger partial charge in [0.1, 0.15) is 0 Å². The first-order valence-electron chi connectivity index (χ1n) is 6.76. The Kier molecular flexibility index (Phi) is 4.59. The molecular weight excluding hydrogens is 283 g/mol. The number of amides is 2. The molecule has 0 aromatic heterocycles. The first-order valence-corrected chi connectivity index (χ1v) is 6.76. The van der Waals surface area contributed by atoms with Crippen LogP contribution in [0.1, 0.15) is 12.8 Å². The van der Waals surface area contributed by atoms with Crippen LogP contribution in [0.2, 0.25) is 0 Å². The van der Waals surface area contributed by atoms with Crippen molar-refractivity contribution in [3.05, 3.63) is 29.6 Å².